The Morgan fingerprint density at radius 3 is 2.94 bits per heavy atom. The third kappa shape index (κ3) is 2.92. The van der Waals surface area contributed by atoms with Crippen molar-refractivity contribution < 1.29 is 4.39 Å². The highest BCUT2D eigenvalue weighted by atomic mass is 79.9. The molecule has 1 aliphatic rings. The van der Waals surface area contributed by atoms with Gasteiger partial charge in [-0.2, -0.15) is 0 Å². The van der Waals surface area contributed by atoms with Crippen molar-refractivity contribution in [2.24, 2.45) is 5.73 Å². The van der Waals surface area contributed by atoms with Crippen LogP contribution in [0.2, 0.25) is 0 Å². The van der Waals surface area contributed by atoms with Gasteiger partial charge < -0.3 is 5.73 Å². The molecule has 1 saturated heterocycles. The van der Waals surface area contributed by atoms with Gasteiger partial charge in [-0.05, 0) is 38.4 Å². The molecule has 1 aliphatic heterocycles. The molecule has 1 aromatic rings. The summed E-state index contributed by atoms with van der Waals surface area (Å²) in [4.78, 5) is 2.34. The Kier molecular flexibility index (Phi) is 4.76. The molecule has 2 nitrogen and oxygen atoms in total. The van der Waals surface area contributed by atoms with Gasteiger partial charge in [0.15, 0.2) is 0 Å². The fourth-order valence-corrected chi connectivity index (χ4v) is 3.14. The van der Waals surface area contributed by atoms with E-state index in [-0.39, 0.29) is 11.9 Å². The van der Waals surface area contributed by atoms with Crippen LogP contribution in [0.15, 0.2) is 22.7 Å². The summed E-state index contributed by atoms with van der Waals surface area (Å²) < 4.78 is 14.8. The van der Waals surface area contributed by atoms with Gasteiger partial charge in [0, 0.05) is 28.7 Å². The highest BCUT2D eigenvalue weighted by Gasteiger charge is 2.27. The van der Waals surface area contributed by atoms with E-state index in [1.165, 1.54) is 18.9 Å². The second-order valence-corrected chi connectivity index (χ2v) is 5.88. The number of piperidine rings is 1. The largest absolute Gasteiger partial charge is 0.329 e. The lowest BCUT2D eigenvalue weighted by molar-refractivity contribution is 0.106. The lowest BCUT2D eigenvalue weighted by atomic mass is 9.97. The van der Waals surface area contributed by atoms with Crippen LogP contribution in [0.5, 0.6) is 0 Å². The SMILES string of the molecule is CC(c1ccc(Br)cc1F)N1CCCCC1CN. The molecule has 2 atom stereocenters. The van der Waals surface area contributed by atoms with Crippen molar-refractivity contribution in [3.05, 3.63) is 34.1 Å². The van der Waals surface area contributed by atoms with Crippen molar-refractivity contribution in [1.29, 1.82) is 0 Å². The molecular weight excluding hydrogens is 295 g/mol. The van der Waals surface area contributed by atoms with E-state index in [4.69, 9.17) is 5.73 Å². The number of benzene rings is 1. The zero-order valence-corrected chi connectivity index (χ0v) is 12.3. The number of likely N-dealkylation sites (tertiary alicyclic amines) is 1. The normalized spacial score (nSPS) is 23.0. The van der Waals surface area contributed by atoms with Crippen LogP contribution >= 0.6 is 15.9 Å². The van der Waals surface area contributed by atoms with Gasteiger partial charge in [0.25, 0.3) is 0 Å². The third-order valence-corrected chi connectivity index (χ3v) is 4.35. The van der Waals surface area contributed by atoms with Crippen molar-refractivity contribution in [3.63, 3.8) is 0 Å². The van der Waals surface area contributed by atoms with Gasteiger partial charge in [-0.25, -0.2) is 4.39 Å². The van der Waals surface area contributed by atoms with Crippen LogP contribution in [-0.4, -0.2) is 24.0 Å². The first kappa shape index (κ1) is 14.0. The first-order chi connectivity index (χ1) is 8.63. The monoisotopic (exact) mass is 314 g/mol. The summed E-state index contributed by atoms with van der Waals surface area (Å²) in [6.45, 7) is 3.74. The lowest BCUT2D eigenvalue weighted by Crippen LogP contribution is -2.45. The minimum Gasteiger partial charge on any atom is -0.329 e. The molecule has 1 aromatic carbocycles. The predicted molar refractivity (Wildman–Crippen MR) is 75.9 cm³/mol. The topological polar surface area (TPSA) is 29.3 Å². The quantitative estimate of drug-likeness (QED) is 0.925. The van der Waals surface area contributed by atoms with Crippen molar-refractivity contribution >= 4 is 15.9 Å². The van der Waals surface area contributed by atoms with E-state index < -0.39 is 0 Å². The molecule has 0 saturated carbocycles. The first-order valence-corrected chi connectivity index (χ1v) is 7.33. The van der Waals surface area contributed by atoms with Crippen LogP contribution in [0.4, 0.5) is 4.39 Å². The molecule has 0 aliphatic carbocycles. The van der Waals surface area contributed by atoms with E-state index in [2.05, 4.69) is 27.8 Å². The number of halogens is 2. The average molecular weight is 315 g/mol. The summed E-state index contributed by atoms with van der Waals surface area (Å²) in [7, 11) is 0. The zero-order chi connectivity index (χ0) is 13.1. The summed E-state index contributed by atoms with van der Waals surface area (Å²) in [5.41, 5.74) is 6.59. The van der Waals surface area contributed by atoms with Crippen LogP contribution in [0, 0.1) is 5.82 Å². The van der Waals surface area contributed by atoms with Gasteiger partial charge in [-0.3, -0.25) is 4.90 Å². The molecule has 0 spiro atoms. The number of hydrogen-bond acceptors (Lipinski definition) is 2. The number of nitrogens with zero attached hydrogens (tertiary/aromatic N) is 1. The smallest absolute Gasteiger partial charge is 0.129 e. The van der Waals surface area contributed by atoms with Crippen LogP contribution in [-0.2, 0) is 0 Å². The van der Waals surface area contributed by atoms with Crippen molar-refractivity contribution in [2.75, 3.05) is 13.1 Å². The summed E-state index contributed by atoms with van der Waals surface area (Å²) in [6, 6.07) is 5.78. The van der Waals surface area contributed by atoms with Crippen molar-refractivity contribution in [2.45, 2.75) is 38.3 Å². The minimum atomic E-state index is -0.141. The molecule has 0 amide bonds. The molecule has 2 rings (SSSR count). The number of rotatable bonds is 3. The fourth-order valence-electron chi connectivity index (χ4n) is 2.80. The Balaban J connectivity index is 2.20. The second kappa shape index (κ2) is 6.13. The Morgan fingerprint density at radius 2 is 2.28 bits per heavy atom. The summed E-state index contributed by atoms with van der Waals surface area (Å²) in [6.07, 6.45) is 3.53. The van der Waals surface area contributed by atoms with E-state index in [1.807, 2.05) is 12.1 Å². The molecule has 100 valence electrons. The van der Waals surface area contributed by atoms with Crippen LogP contribution in [0.25, 0.3) is 0 Å². The van der Waals surface area contributed by atoms with Crippen LogP contribution < -0.4 is 5.73 Å². The van der Waals surface area contributed by atoms with Crippen molar-refractivity contribution in [3.8, 4) is 0 Å². The van der Waals surface area contributed by atoms with E-state index in [0.29, 0.717) is 12.6 Å². The molecule has 1 heterocycles. The van der Waals surface area contributed by atoms with Crippen molar-refractivity contribution in [1.82, 2.24) is 4.90 Å². The molecule has 4 heteroatoms. The molecular formula is C14H20BrFN2. The van der Waals surface area contributed by atoms with Gasteiger partial charge in [-0.1, -0.05) is 28.4 Å². The summed E-state index contributed by atoms with van der Waals surface area (Å²) >= 11 is 3.29. The second-order valence-electron chi connectivity index (χ2n) is 4.96. The van der Waals surface area contributed by atoms with Crippen LogP contribution in [0.3, 0.4) is 0 Å². The maximum Gasteiger partial charge on any atom is 0.129 e. The van der Waals surface area contributed by atoms with Gasteiger partial charge >= 0.3 is 0 Å². The van der Waals surface area contributed by atoms with Gasteiger partial charge in [-0.15, -0.1) is 0 Å². The van der Waals surface area contributed by atoms with E-state index >= 15 is 0 Å². The highest BCUT2D eigenvalue weighted by molar-refractivity contribution is 9.10. The Hall–Kier alpha value is -0.450. The fraction of sp³-hybridized carbons (Fsp3) is 0.571. The molecule has 0 bridgehead atoms. The Bertz CT molecular complexity index is 411. The molecule has 18 heavy (non-hydrogen) atoms. The average Bonchev–Trinajstić information content (AvgIpc) is 2.38. The van der Waals surface area contributed by atoms with Gasteiger partial charge in [0.1, 0.15) is 5.82 Å². The summed E-state index contributed by atoms with van der Waals surface area (Å²) in [5.74, 6) is -0.141. The van der Waals surface area contributed by atoms with Gasteiger partial charge in [0.05, 0.1) is 0 Å². The third-order valence-electron chi connectivity index (χ3n) is 3.85. The predicted octanol–water partition coefficient (Wildman–Crippen LogP) is 3.46. The molecule has 2 N–H and O–H groups in total. The number of hydrogen-bond donors (Lipinski definition) is 1. The maximum atomic E-state index is 14.0. The Labute approximate surface area is 116 Å². The van der Waals surface area contributed by atoms with Gasteiger partial charge in [0.2, 0.25) is 0 Å². The standard InChI is InChI=1S/C14H20BrFN2/c1-10(13-6-5-11(15)8-14(13)16)18-7-3-2-4-12(18)9-17/h5-6,8,10,12H,2-4,7,9,17H2,1H3. The summed E-state index contributed by atoms with van der Waals surface area (Å²) in [5, 5.41) is 0. The van der Waals surface area contributed by atoms with Crippen LogP contribution in [0.1, 0.15) is 37.8 Å². The molecule has 0 aromatic heterocycles. The Morgan fingerprint density at radius 1 is 1.50 bits per heavy atom. The maximum absolute atomic E-state index is 14.0. The highest BCUT2D eigenvalue weighted by Crippen LogP contribution is 2.30. The minimum absolute atomic E-state index is 0.0898. The molecule has 1 fully saturated rings. The molecule has 0 radical (unpaired) electrons. The number of nitrogens with two attached hydrogens (primary N) is 1. The van der Waals surface area contributed by atoms with E-state index in [1.54, 1.807) is 0 Å². The zero-order valence-electron chi connectivity index (χ0n) is 10.7. The first-order valence-electron chi connectivity index (χ1n) is 6.54. The van der Waals surface area contributed by atoms with E-state index in [9.17, 15) is 4.39 Å². The molecule has 2 unspecified atom stereocenters. The van der Waals surface area contributed by atoms with E-state index in [0.717, 1.165) is 23.0 Å². The lowest BCUT2D eigenvalue weighted by Gasteiger charge is -2.39.